The first kappa shape index (κ1) is 14.7. The third-order valence-electron chi connectivity index (χ3n) is 2.48. The van der Waals surface area contributed by atoms with Gasteiger partial charge in [0.1, 0.15) is 0 Å². The minimum absolute atomic E-state index is 0.525. The molecule has 0 bridgehead atoms. The van der Waals surface area contributed by atoms with E-state index < -0.39 is 11.9 Å². The zero-order valence-electron chi connectivity index (χ0n) is 10.5. The summed E-state index contributed by atoms with van der Waals surface area (Å²) in [7, 11) is 0. The van der Waals surface area contributed by atoms with Crippen LogP contribution in [-0.4, -0.2) is 16.9 Å². The smallest absolute Gasteiger partial charge is 0.380 e. The maximum absolute atomic E-state index is 12.3. The van der Waals surface area contributed by atoms with Crippen LogP contribution in [0.25, 0.3) is 0 Å². The number of anilines is 1. The van der Waals surface area contributed by atoms with Gasteiger partial charge in [-0.25, -0.2) is 0 Å². The van der Waals surface area contributed by atoms with Crippen molar-refractivity contribution in [1.29, 1.82) is 0 Å². The van der Waals surface area contributed by atoms with Crippen LogP contribution in [0.5, 0.6) is 0 Å². The molecule has 0 saturated carbocycles. The average molecular weight is 298 g/mol. The first-order valence-electron chi connectivity index (χ1n) is 5.96. The van der Waals surface area contributed by atoms with Crippen LogP contribution in [0.15, 0.2) is 53.7 Å². The highest BCUT2D eigenvalue weighted by atomic mass is 32.2. The summed E-state index contributed by atoms with van der Waals surface area (Å²) >= 11 is 0.786. The second kappa shape index (κ2) is 6.65. The van der Waals surface area contributed by atoms with Gasteiger partial charge in [-0.1, -0.05) is 18.2 Å². The van der Waals surface area contributed by atoms with Gasteiger partial charge in [-0.15, -0.1) is 11.8 Å². The van der Waals surface area contributed by atoms with Crippen molar-refractivity contribution in [3.05, 3.63) is 54.4 Å². The topological polar surface area (TPSA) is 24.9 Å². The Balaban J connectivity index is 2.01. The first-order chi connectivity index (χ1) is 9.54. The van der Waals surface area contributed by atoms with Crippen LogP contribution in [0.3, 0.4) is 0 Å². The maximum Gasteiger partial charge on any atom is 0.398 e. The Labute approximate surface area is 119 Å². The molecule has 0 aliphatic heterocycles. The molecule has 1 N–H and O–H groups in total. The maximum atomic E-state index is 12.3. The molecule has 6 heteroatoms. The molecule has 106 valence electrons. The SMILES string of the molecule is FC(F)(F)CSc1ccccc1NCc1cccnc1. The van der Waals surface area contributed by atoms with Gasteiger partial charge in [-0.05, 0) is 23.8 Å². The number of pyridine rings is 1. The number of nitrogens with one attached hydrogen (secondary N) is 1. The highest BCUT2D eigenvalue weighted by Gasteiger charge is 2.27. The third-order valence-corrected chi connectivity index (χ3v) is 3.62. The van der Waals surface area contributed by atoms with Gasteiger partial charge in [-0.3, -0.25) is 4.98 Å². The number of thioether (sulfide) groups is 1. The molecular formula is C14H13F3N2S. The summed E-state index contributed by atoms with van der Waals surface area (Å²) in [5, 5.41) is 3.14. The van der Waals surface area contributed by atoms with E-state index in [9.17, 15) is 13.2 Å². The van der Waals surface area contributed by atoms with Gasteiger partial charge in [0.25, 0.3) is 0 Å². The molecule has 0 amide bonds. The number of para-hydroxylation sites is 1. The summed E-state index contributed by atoms with van der Waals surface area (Å²) in [5.41, 5.74) is 1.67. The van der Waals surface area contributed by atoms with Crippen molar-refractivity contribution in [1.82, 2.24) is 4.98 Å². The van der Waals surface area contributed by atoms with E-state index in [0.717, 1.165) is 17.3 Å². The van der Waals surface area contributed by atoms with E-state index in [1.54, 1.807) is 36.7 Å². The molecule has 0 aliphatic rings. The van der Waals surface area contributed by atoms with Gasteiger partial charge in [0, 0.05) is 29.5 Å². The average Bonchev–Trinajstić information content (AvgIpc) is 2.44. The number of rotatable bonds is 5. The molecule has 0 fully saturated rings. The summed E-state index contributed by atoms with van der Waals surface area (Å²) in [6.45, 7) is 0.525. The normalized spacial score (nSPS) is 11.3. The van der Waals surface area contributed by atoms with Crippen LogP contribution in [0, 0.1) is 0 Å². The Morgan fingerprint density at radius 1 is 1.10 bits per heavy atom. The number of halogens is 3. The van der Waals surface area contributed by atoms with Crippen molar-refractivity contribution in [2.24, 2.45) is 0 Å². The lowest BCUT2D eigenvalue weighted by molar-refractivity contribution is -0.105. The Bertz CT molecular complexity index is 544. The van der Waals surface area contributed by atoms with E-state index in [2.05, 4.69) is 10.3 Å². The number of nitrogens with zero attached hydrogens (tertiary/aromatic N) is 1. The van der Waals surface area contributed by atoms with Crippen LogP contribution in [0.4, 0.5) is 18.9 Å². The molecular weight excluding hydrogens is 285 g/mol. The second-order valence-corrected chi connectivity index (χ2v) is 5.13. The van der Waals surface area contributed by atoms with E-state index in [0.29, 0.717) is 17.1 Å². The summed E-state index contributed by atoms with van der Waals surface area (Å²) < 4.78 is 36.8. The highest BCUT2D eigenvalue weighted by Crippen LogP contribution is 2.32. The third kappa shape index (κ3) is 4.77. The van der Waals surface area contributed by atoms with E-state index in [1.165, 1.54) is 0 Å². The molecule has 0 spiro atoms. The van der Waals surface area contributed by atoms with Gasteiger partial charge in [0.05, 0.1) is 5.75 Å². The van der Waals surface area contributed by atoms with Crippen molar-refractivity contribution < 1.29 is 13.2 Å². The Hall–Kier alpha value is -1.69. The fraction of sp³-hybridized carbons (Fsp3) is 0.214. The number of alkyl halides is 3. The van der Waals surface area contributed by atoms with Crippen LogP contribution >= 0.6 is 11.8 Å². The molecule has 0 aliphatic carbocycles. The molecule has 2 nitrogen and oxygen atoms in total. The number of hydrogen-bond acceptors (Lipinski definition) is 3. The molecule has 1 heterocycles. The zero-order chi connectivity index (χ0) is 14.4. The van der Waals surface area contributed by atoms with Crippen molar-refractivity contribution in [2.75, 3.05) is 11.1 Å². The van der Waals surface area contributed by atoms with E-state index >= 15 is 0 Å². The lowest BCUT2D eigenvalue weighted by Gasteiger charge is -2.12. The lowest BCUT2D eigenvalue weighted by atomic mass is 10.2. The van der Waals surface area contributed by atoms with Gasteiger partial charge in [0.2, 0.25) is 0 Å². The molecule has 1 aromatic heterocycles. The molecule has 2 aromatic rings. The van der Waals surface area contributed by atoms with E-state index in [-0.39, 0.29) is 0 Å². The van der Waals surface area contributed by atoms with Crippen molar-refractivity contribution in [2.45, 2.75) is 17.6 Å². The van der Waals surface area contributed by atoms with E-state index in [4.69, 9.17) is 0 Å². The van der Waals surface area contributed by atoms with Crippen molar-refractivity contribution in [3.63, 3.8) is 0 Å². The molecule has 0 saturated heterocycles. The van der Waals surface area contributed by atoms with Crippen LogP contribution in [0.2, 0.25) is 0 Å². The number of aromatic nitrogens is 1. The second-order valence-electron chi connectivity index (χ2n) is 4.11. The fourth-order valence-corrected chi connectivity index (χ4v) is 2.39. The Kier molecular flexibility index (Phi) is 4.89. The number of hydrogen-bond donors (Lipinski definition) is 1. The molecule has 20 heavy (non-hydrogen) atoms. The van der Waals surface area contributed by atoms with Crippen LogP contribution in [-0.2, 0) is 6.54 Å². The molecule has 0 radical (unpaired) electrons. The lowest BCUT2D eigenvalue weighted by Crippen LogP contribution is -2.11. The molecule has 0 atom stereocenters. The van der Waals surface area contributed by atoms with E-state index in [1.807, 2.05) is 12.1 Å². The summed E-state index contributed by atoms with van der Waals surface area (Å²) in [4.78, 5) is 4.59. The predicted molar refractivity (Wildman–Crippen MR) is 74.8 cm³/mol. The monoisotopic (exact) mass is 298 g/mol. The molecule has 0 unspecified atom stereocenters. The standard InChI is InChI=1S/C14H13F3N2S/c15-14(16,17)10-20-13-6-2-1-5-12(13)19-9-11-4-3-7-18-8-11/h1-8,19H,9-10H2. The van der Waals surface area contributed by atoms with Crippen LogP contribution in [0.1, 0.15) is 5.56 Å². The minimum Gasteiger partial charge on any atom is -0.380 e. The van der Waals surface area contributed by atoms with Crippen molar-refractivity contribution in [3.8, 4) is 0 Å². The predicted octanol–water partition coefficient (Wildman–Crippen LogP) is 4.35. The molecule has 2 rings (SSSR count). The molecule has 1 aromatic carbocycles. The summed E-state index contributed by atoms with van der Waals surface area (Å²) in [6, 6.07) is 10.7. The Morgan fingerprint density at radius 2 is 1.90 bits per heavy atom. The van der Waals surface area contributed by atoms with Gasteiger partial charge in [-0.2, -0.15) is 13.2 Å². The van der Waals surface area contributed by atoms with Gasteiger partial charge < -0.3 is 5.32 Å². The summed E-state index contributed by atoms with van der Waals surface area (Å²) in [5.74, 6) is -0.890. The zero-order valence-corrected chi connectivity index (χ0v) is 11.3. The van der Waals surface area contributed by atoms with Crippen molar-refractivity contribution >= 4 is 17.4 Å². The van der Waals surface area contributed by atoms with Gasteiger partial charge >= 0.3 is 6.18 Å². The summed E-state index contributed by atoms with van der Waals surface area (Å²) in [6.07, 6.45) is -0.768. The Morgan fingerprint density at radius 3 is 2.60 bits per heavy atom. The highest BCUT2D eigenvalue weighted by molar-refractivity contribution is 7.99. The number of benzene rings is 1. The fourth-order valence-electron chi connectivity index (χ4n) is 1.60. The first-order valence-corrected chi connectivity index (χ1v) is 6.94. The largest absolute Gasteiger partial charge is 0.398 e. The van der Waals surface area contributed by atoms with Gasteiger partial charge in [0.15, 0.2) is 0 Å². The minimum atomic E-state index is -4.17. The quantitative estimate of drug-likeness (QED) is 0.831. The van der Waals surface area contributed by atoms with Crippen LogP contribution < -0.4 is 5.32 Å².